The molecule has 1 aliphatic heterocycles. The van der Waals surface area contributed by atoms with Crippen LogP contribution in [0.5, 0.6) is 0 Å². The zero-order valence-corrected chi connectivity index (χ0v) is 18.3. The Hall–Kier alpha value is -1.62. The maximum Gasteiger partial charge on any atom is 0.266 e. The van der Waals surface area contributed by atoms with Gasteiger partial charge in [0.25, 0.3) is 5.91 Å². The Morgan fingerprint density at radius 3 is 2.93 bits per heavy atom. The lowest BCUT2D eigenvalue weighted by Gasteiger charge is -2.13. The zero-order chi connectivity index (χ0) is 19.4. The van der Waals surface area contributed by atoms with Gasteiger partial charge in [-0.3, -0.25) is 14.5 Å². The fourth-order valence-electron chi connectivity index (χ4n) is 2.28. The molecule has 2 heterocycles. The number of hydrogen-bond acceptors (Lipinski definition) is 7. The monoisotopic (exact) mass is 482 g/mol. The maximum absolute atomic E-state index is 12.6. The van der Waals surface area contributed by atoms with E-state index in [1.165, 1.54) is 28.0 Å². The van der Waals surface area contributed by atoms with Crippen LogP contribution in [0.1, 0.15) is 23.9 Å². The van der Waals surface area contributed by atoms with Gasteiger partial charge in [-0.1, -0.05) is 70.3 Å². The van der Waals surface area contributed by atoms with E-state index in [9.17, 15) is 9.59 Å². The van der Waals surface area contributed by atoms with Gasteiger partial charge in [-0.25, -0.2) is 0 Å². The number of amides is 2. The second-order valence-corrected chi connectivity index (χ2v) is 9.19. The third-order valence-electron chi connectivity index (χ3n) is 3.60. The molecule has 0 bridgehead atoms. The molecule has 140 valence electrons. The lowest BCUT2D eigenvalue weighted by atomic mass is 10.2. The summed E-state index contributed by atoms with van der Waals surface area (Å²) >= 11 is 11.3. The van der Waals surface area contributed by atoms with Crippen LogP contribution in [0.3, 0.4) is 0 Å². The summed E-state index contributed by atoms with van der Waals surface area (Å²) in [7, 11) is 0. The number of nitrogens with zero attached hydrogens (tertiary/aromatic N) is 3. The normalized spacial score (nSPS) is 15.6. The number of aryl methyl sites for hydroxylation is 1. The molecule has 3 rings (SSSR count). The third-order valence-corrected chi connectivity index (χ3v) is 6.45. The number of carbonyl (C=O) groups is 2. The van der Waals surface area contributed by atoms with Crippen LogP contribution in [0.2, 0.25) is 0 Å². The van der Waals surface area contributed by atoms with E-state index in [-0.39, 0.29) is 24.8 Å². The molecule has 0 aliphatic carbocycles. The Morgan fingerprint density at radius 2 is 2.22 bits per heavy atom. The van der Waals surface area contributed by atoms with Crippen molar-refractivity contribution in [1.29, 1.82) is 0 Å². The molecule has 10 heteroatoms. The SMILES string of the molecule is CCc1nnc(NC(=O)CCN2C(=O)C(=Cc3cccc(Br)c3)SC2=S)s1. The number of aromatic nitrogens is 2. The Balaban J connectivity index is 1.59. The smallest absolute Gasteiger partial charge is 0.266 e. The van der Waals surface area contributed by atoms with Crippen LogP contribution in [0.25, 0.3) is 6.08 Å². The fraction of sp³-hybridized carbons (Fsp3) is 0.235. The molecule has 1 N–H and O–H groups in total. The van der Waals surface area contributed by atoms with Crippen molar-refractivity contribution in [3.63, 3.8) is 0 Å². The summed E-state index contributed by atoms with van der Waals surface area (Å²) in [5.41, 5.74) is 0.908. The van der Waals surface area contributed by atoms with Gasteiger partial charge in [0.05, 0.1) is 4.91 Å². The van der Waals surface area contributed by atoms with Crippen molar-refractivity contribution < 1.29 is 9.59 Å². The number of rotatable bonds is 6. The summed E-state index contributed by atoms with van der Waals surface area (Å²) in [4.78, 5) is 26.7. The van der Waals surface area contributed by atoms with E-state index in [0.717, 1.165) is 21.5 Å². The van der Waals surface area contributed by atoms with Crippen LogP contribution in [0, 0.1) is 0 Å². The van der Waals surface area contributed by atoms with Gasteiger partial charge in [0, 0.05) is 17.4 Å². The van der Waals surface area contributed by atoms with Gasteiger partial charge in [0.15, 0.2) is 0 Å². The molecule has 0 saturated carbocycles. The molecule has 6 nitrogen and oxygen atoms in total. The predicted octanol–water partition coefficient (Wildman–Crippen LogP) is 4.09. The van der Waals surface area contributed by atoms with E-state index in [2.05, 4.69) is 31.4 Å². The Bertz CT molecular complexity index is 928. The van der Waals surface area contributed by atoms with Crippen LogP contribution >= 0.6 is 51.2 Å². The van der Waals surface area contributed by atoms with Crippen molar-refractivity contribution in [2.24, 2.45) is 0 Å². The molecule has 0 spiro atoms. The number of benzene rings is 1. The van der Waals surface area contributed by atoms with Crippen molar-refractivity contribution in [1.82, 2.24) is 15.1 Å². The minimum atomic E-state index is -0.223. The Labute approximate surface area is 178 Å². The van der Waals surface area contributed by atoms with E-state index in [4.69, 9.17) is 12.2 Å². The van der Waals surface area contributed by atoms with Gasteiger partial charge in [-0.2, -0.15) is 0 Å². The molecular formula is C17H15BrN4O2S3. The van der Waals surface area contributed by atoms with Crippen molar-refractivity contribution in [2.75, 3.05) is 11.9 Å². The van der Waals surface area contributed by atoms with Gasteiger partial charge in [-0.15, -0.1) is 10.2 Å². The highest BCUT2D eigenvalue weighted by molar-refractivity contribution is 9.10. The van der Waals surface area contributed by atoms with Gasteiger partial charge >= 0.3 is 0 Å². The summed E-state index contributed by atoms with van der Waals surface area (Å²) < 4.78 is 1.39. The highest BCUT2D eigenvalue weighted by Crippen LogP contribution is 2.33. The summed E-state index contributed by atoms with van der Waals surface area (Å²) in [5.74, 6) is -0.402. The average Bonchev–Trinajstić information content (AvgIpc) is 3.18. The van der Waals surface area contributed by atoms with Gasteiger partial charge in [0.1, 0.15) is 9.33 Å². The third kappa shape index (κ3) is 5.22. The van der Waals surface area contributed by atoms with E-state index in [1.807, 2.05) is 31.2 Å². The molecule has 0 atom stereocenters. The number of thiocarbonyl (C=S) groups is 1. The van der Waals surface area contributed by atoms with Crippen molar-refractivity contribution >= 4 is 78.6 Å². The summed E-state index contributed by atoms with van der Waals surface area (Å²) in [5, 5.41) is 11.9. The van der Waals surface area contributed by atoms with Crippen molar-refractivity contribution in [2.45, 2.75) is 19.8 Å². The minimum absolute atomic E-state index is 0.137. The summed E-state index contributed by atoms with van der Waals surface area (Å²) in [6.07, 6.45) is 2.71. The van der Waals surface area contributed by atoms with Crippen LogP contribution in [-0.4, -0.2) is 37.8 Å². The summed E-state index contributed by atoms with van der Waals surface area (Å²) in [6, 6.07) is 7.66. The molecule has 1 aromatic carbocycles. The number of nitrogens with one attached hydrogen (secondary N) is 1. The molecular weight excluding hydrogens is 468 g/mol. The molecule has 1 aliphatic rings. The number of halogens is 1. The molecule has 0 unspecified atom stereocenters. The fourth-order valence-corrected chi connectivity index (χ4v) is 4.70. The first-order valence-electron chi connectivity index (χ1n) is 8.09. The molecule has 2 aromatic rings. The first-order valence-corrected chi connectivity index (χ1v) is 10.9. The van der Waals surface area contributed by atoms with E-state index in [0.29, 0.717) is 14.4 Å². The topological polar surface area (TPSA) is 75.2 Å². The van der Waals surface area contributed by atoms with Crippen LogP contribution in [0.4, 0.5) is 5.13 Å². The second-order valence-electron chi connectivity index (χ2n) is 5.54. The largest absolute Gasteiger partial charge is 0.300 e. The quantitative estimate of drug-likeness (QED) is 0.493. The Morgan fingerprint density at radius 1 is 1.41 bits per heavy atom. The Kier molecular flexibility index (Phi) is 6.74. The van der Waals surface area contributed by atoms with E-state index in [1.54, 1.807) is 6.08 Å². The predicted molar refractivity (Wildman–Crippen MR) is 117 cm³/mol. The second kappa shape index (κ2) is 9.05. The number of carbonyl (C=O) groups excluding carboxylic acids is 2. The minimum Gasteiger partial charge on any atom is -0.300 e. The molecule has 1 saturated heterocycles. The zero-order valence-electron chi connectivity index (χ0n) is 14.3. The number of anilines is 1. The van der Waals surface area contributed by atoms with Crippen LogP contribution in [0.15, 0.2) is 33.6 Å². The standard InChI is InChI=1S/C17H15BrN4O2S3/c1-2-14-20-21-16(27-14)19-13(23)6-7-22-15(24)12(26-17(22)25)9-10-4-3-5-11(18)8-10/h3-5,8-9H,2,6-7H2,1H3,(H,19,21,23). The van der Waals surface area contributed by atoms with Crippen molar-refractivity contribution in [3.8, 4) is 0 Å². The summed E-state index contributed by atoms with van der Waals surface area (Å²) in [6.45, 7) is 2.20. The van der Waals surface area contributed by atoms with E-state index < -0.39 is 0 Å². The lowest BCUT2D eigenvalue weighted by molar-refractivity contribution is -0.122. The van der Waals surface area contributed by atoms with Crippen LogP contribution < -0.4 is 5.32 Å². The maximum atomic E-state index is 12.6. The van der Waals surface area contributed by atoms with E-state index >= 15 is 0 Å². The van der Waals surface area contributed by atoms with Gasteiger partial charge in [-0.05, 0) is 30.2 Å². The van der Waals surface area contributed by atoms with Gasteiger partial charge < -0.3 is 5.32 Å². The molecule has 1 aromatic heterocycles. The van der Waals surface area contributed by atoms with Gasteiger partial charge in [0.2, 0.25) is 11.0 Å². The average molecular weight is 483 g/mol. The first kappa shape index (κ1) is 20.1. The van der Waals surface area contributed by atoms with Crippen molar-refractivity contribution in [3.05, 3.63) is 44.2 Å². The molecule has 27 heavy (non-hydrogen) atoms. The molecule has 2 amide bonds. The first-order chi connectivity index (χ1) is 13.0. The highest BCUT2D eigenvalue weighted by Gasteiger charge is 2.32. The molecule has 1 fully saturated rings. The number of hydrogen-bond donors (Lipinski definition) is 1. The highest BCUT2D eigenvalue weighted by atomic mass is 79.9. The van der Waals surface area contributed by atoms with Crippen LogP contribution in [-0.2, 0) is 16.0 Å². The molecule has 0 radical (unpaired) electrons. The lowest BCUT2D eigenvalue weighted by Crippen LogP contribution is -2.31. The number of thioether (sulfide) groups is 1.